The number of nitrogens with zero attached hydrogens (tertiary/aromatic N) is 3. The maximum Gasteiger partial charge on any atom is 0.337 e. The van der Waals surface area contributed by atoms with Crippen molar-refractivity contribution in [1.82, 2.24) is 14.8 Å². The van der Waals surface area contributed by atoms with Crippen molar-refractivity contribution >= 4 is 29.4 Å². The molecule has 2 aromatic rings. The van der Waals surface area contributed by atoms with Crippen molar-refractivity contribution in [2.45, 2.75) is 6.92 Å². The van der Waals surface area contributed by atoms with E-state index in [1.807, 2.05) is 6.92 Å². The number of halogens is 1. The lowest BCUT2D eigenvalue weighted by Crippen LogP contribution is -1.98. The van der Waals surface area contributed by atoms with E-state index in [-0.39, 0.29) is 18.0 Å². The number of fused-ring (bicyclic) bond motifs is 1. The van der Waals surface area contributed by atoms with E-state index in [2.05, 4.69) is 10.1 Å². The molecule has 0 aromatic carbocycles. The number of aromatic carboxylic acids is 1. The van der Waals surface area contributed by atoms with Gasteiger partial charge in [-0.3, -0.25) is 4.68 Å². The molecular weight excluding hydrogens is 218 g/mol. The number of aryl methyl sites for hydroxylation is 2. The number of hydrogen-bond donors (Lipinski definition) is 1. The highest BCUT2D eigenvalue weighted by atomic mass is 35.5. The van der Waals surface area contributed by atoms with E-state index >= 15 is 0 Å². The Hall–Kier alpha value is -1.62. The van der Waals surface area contributed by atoms with E-state index < -0.39 is 5.97 Å². The molecule has 1 N–H and O–H groups in total. The van der Waals surface area contributed by atoms with Gasteiger partial charge in [0.15, 0.2) is 5.65 Å². The monoisotopic (exact) mass is 227 g/mol. The summed E-state index contributed by atoms with van der Waals surface area (Å²) in [5, 5.41) is 13.7. The fourth-order valence-electron chi connectivity index (χ4n) is 1.42. The van der Waals surface area contributed by atoms with Crippen LogP contribution >= 0.6 is 12.4 Å². The minimum absolute atomic E-state index is 0. The third-order valence-corrected chi connectivity index (χ3v) is 2.11. The van der Waals surface area contributed by atoms with Gasteiger partial charge in [0.05, 0.1) is 11.3 Å². The first-order chi connectivity index (χ1) is 6.59. The molecule has 6 heteroatoms. The fourth-order valence-corrected chi connectivity index (χ4v) is 1.42. The van der Waals surface area contributed by atoms with E-state index in [1.165, 1.54) is 6.20 Å². The predicted molar refractivity (Wildman–Crippen MR) is 57.5 cm³/mol. The molecule has 2 heterocycles. The normalized spacial score (nSPS) is 10.0. The molecule has 0 radical (unpaired) electrons. The van der Waals surface area contributed by atoms with Crippen molar-refractivity contribution < 1.29 is 9.90 Å². The van der Waals surface area contributed by atoms with E-state index in [9.17, 15) is 4.79 Å². The number of carbonyl (C=O) groups is 1. The number of hydrogen-bond acceptors (Lipinski definition) is 3. The first-order valence-electron chi connectivity index (χ1n) is 4.12. The summed E-state index contributed by atoms with van der Waals surface area (Å²) >= 11 is 0. The molecule has 0 atom stereocenters. The quantitative estimate of drug-likeness (QED) is 0.800. The van der Waals surface area contributed by atoms with Crippen LogP contribution in [0.25, 0.3) is 11.0 Å². The molecule has 0 spiro atoms. The third-order valence-electron chi connectivity index (χ3n) is 2.11. The summed E-state index contributed by atoms with van der Waals surface area (Å²) < 4.78 is 1.64. The molecule has 0 aliphatic heterocycles. The maximum atomic E-state index is 10.7. The van der Waals surface area contributed by atoms with Gasteiger partial charge in [-0.25, -0.2) is 9.78 Å². The SMILES string of the molecule is Cc1nn(C)c2ncc(C(=O)O)cc12.Cl. The van der Waals surface area contributed by atoms with E-state index in [0.717, 1.165) is 11.1 Å². The summed E-state index contributed by atoms with van der Waals surface area (Å²) in [4.78, 5) is 14.7. The molecule has 0 saturated heterocycles. The highest BCUT2D eigenvalue weighted by Gasteiger charge is 2.09. The van der Waals surface area contributed by atoms with E-state index in [1.54, 1.807) is 17.8 Å². The second-order valence-electron chi connectivity index (χ2n) is 3.11. The largest absolute Gasteiger partial charge is 0.478 e. The van der Waals surface area contributed by atoms with Crippen LogP contribution in [0.15, 0.2) is 12.3 Å². The molecule has 0 bridgehead atoms. The zero-order valence-electron chi connectivity index (χ0n) is 8.26. The van der Waals surface area contributed by atoms with Gasteiger partial charge in [-0.1, -0.05) is 0 Å². The molecule has 2 aromatic heterocycles. The second-order valence-corrected chi connectivity index (χ2v) is 3.11. The van der Waals surface area contributed by atoms with Crippen LogP contribution in [-0.2, 0) is 7.05 Å². The summed E-state index contributed by atoms with van der Waals surface area (Å²) in [5.41, 5.74) is 1.68. The number of pyridine rings is 1. The topological polar surface area (TPSA) is 68.0 Å². The lowest BCUT2D eigenvalue weighted by atomic mass is 10.2. The number of carboxylic acids is 1. The van der Waals surface area contributed by atoms with E-state index in [0.29, 0.717) is 5.65 Å². The highest BCUT2D eigenvalue weighted by Crippen LogP contribution is 2.16. The van der Waals surface area contributed by atoms with Gasteiger partial charge < -0.3 is 5.11 Å². The fraction of sp³-hybridized carbons (Fsp3) is 0.222. The molecule has 0 saturated carbocycles. The van der Waals surface area contributed by atoms with Gasteiger partial charge in [0.1, 0.15) is 0 Å². The van der Waals surface area contributed by atoms with Crippen LogP contribution < -0.4 is 0 Å². The first-order valence-corrected chi connectivity index (χ1v) is 4.12. The summed E-state index contributed by atoms with van der Waals surface area (Å²) in [6, 6.07) is 1.59. The van der Waals surface area contributed by atoms with Gasteiger partial charge in [0, 0.05) is 18.6 Å². The van der Waals surface area contributed by atoms with Crippen molar-refractivity contribution in [3.05, 3.63) is 23.5 Å². The highest BCUT2D eigenvalue weighted by molar-refractivity contribution is 5.92. The molecule has 5 nitrogen and oxygen atoms in total. The van der Waals surface area contributed by atoms with Crippen molar-refractivity contribution in [2.75, 3.05) is 0 Å². The molecule has 80 valence electrons. The molecule has 0 aliphatic carbocycles. The van der Waals surface area contributed by atoms with Crippen LogP contribution in [-0.4, -0.2) is 25.8 Å². The van der Waals surface area contributed by atoms with Gasteiger partial charge in [-0.15, -0.1) is 12.4 Å². The molecule has 2 rings (SSSR count). The molecule has 15 heavy (non-hydrogen) atoms. The molecule has 0 amide bonds. The third kappa shape index (κ3) is 1.78. The molecule has 0 fully saturated rings. The van der Waals surface area contributed by atoms with Crippen molar-refractivity contribution in [2.24, 2.45) is 7.05 Å². The van der Waals surface area contributed by atoms with Crippen LogP contribution in [0.2, 0.25) is 0 Å². The Labute approximate surface area is 92.1 Å². The van der Waals surface area contributed by atoms with Crippen LogP contribution in [0.5, 0.6) is 0 Å². The van der Waals surface area contributed by atoms with Gasteiger partial charge in [-0.2, -0.15) is 5.10 Å². The number of aromatic nitrogens is 3. The Bertz CT molecular complexity index is 521. The average Bonchev–Trinajstić information content (AvgIpc) is 2.42. The Morgan fingerprint density at radius 1 is 1.53 bits per heavy atom. The summed E-state index contributed by atoms with van der Waals surface area (Å²) in [6.07, 6.45) is 1.34. The van der Waals surface area contributed by atoms with Gasteiger partial charge in [0.2, 0.25) is 0 Å². The van der Waals surface area contributed by atoms with E-state index in [4.69, 9.17) is 5.11 Å². The van der Waals surface area contributed by atoms with Crippen LogP contribution in [0, 0.1) is 6.92 Å². The average molecular weight is 228 g/mol. The maximum absolute atomic E-state index is 10.7. The van der Waals surface area contributed by atoms with Gasteiger partial charge in [0.25, 0.3) is 0 Å². The second kappa shape index (κ2) is 3.86. The van der Waals surface area contributed by atoms with Crippen LogP contribution in [0.4, 0.5) is 0 Å². The predicted octanol–water partition coefficient (Wildman–Crippen LogP) is 1.40. The lowest BCUT2D eigenvalue weighted by Gasteiger charge is -1.95. The zero-order chi connectivity index (χ0) is 10.3. The smallest absolute Gasteiger partial charge is 0.337 e. The van der Waals surface area contributed by atoms with Crippen molar-refractivity contribution in [1.29, 1.82) is 0 Å². The Morgan fingerprint density at radius 2 is 2.20 bits per heavy atom. The minimum Gasteiger partial charge on any atom is -0.478 e. The standard InChI is InChI=1S/C9H9N3O2.ClH/c1-5-7-3-6(9(13)14)4-10-8(7)12(2)11-5;/h3-4H,1-2H3,(H,13,14);1H. The molecule has 0 aliphatic rings. The molecular formula is C9H10ClN3O2. The van der Waals surface area contributed by atoms with Crippen molar-refractivity contribution in [3.8, 4) is 0 Å². The van der Waals surface area contributed by atoms with Crippen molar-refractivity contribution in [3.63, 3.8) is 0 Å². The van der Waals surface area contributed by atoms with Gasteiger partial charge >= 0.3 is 5.97 Å². The van der Waals surface area contributed by atoms with Gasteiger partial charge in [-0.05, 0) is 13.0 Å². The molecule has 0 unspecified atom stereocenters. The Balaban J connectivity index is 0.00000112. The van der Waals surface area contributed by atoms with Crippen LogP contribution in [0.1, 0.15) is 16.1 Å². The number of rotatable bonds is 1. The summed E-state index contributed by atoms with van der Waals surface area (Å²) in [6.45, 7) is 1.83. The number of carboxylic acid groups (broad SMARTS) is 1. The summed E-state index contributed by atoms with van der Waals surface area (Å²) in [5.74, 6) is -0.970. The Kier molecular flexibility index (Phi) is 2.95. The van der Waals surface area contributed by atoms with Crippen LogP contribution in [0.3, 0.4) is 0 Å². The Morgan fingerprint density at radius 3 is 2.80 bits per heavy atom. The minimum atomic E-state index is -0.970. The zero-order valence-corrected chi connectivity index (χ0v) is 9.08. The lowest BCUT2D eigenvalue weighted by molar-refractivity contribution is 0.0696. The first kappa shape index (κ1) is 11.5. The summed E-state index contributed by atoms with van der Waals surface area (Å²) in [7, 11) is 1.78.